The molecule has 2 rings (SSSR count). The first-order valence-corrected chi connectivity index (χ1v) is 6.82. The first-order valence-electron chi connectivity index (χ1n) is 5.46. The number of hydrazine groups is 1. The summed E-state index contributed by atoms with van der Waals surface area (Å²) in [6.45, 7) is 0. The van der Waals surface area contributed by atoms with E-state index in [2.05, 4.69) is 20.9 Å². The molecule has 0 spiro atoms. The van der Waals surface area contributed by atoms with Crippen molar-refractivity contribution in [1.82, 2.24) is 14.9 Å². The molecule has 2 aromatic rings. The molecule has 1 amide bonds. The highest BCUT2D eigenvalue weighted by atomic mass is 35.5. The van der Waals surface area contributed by atoms with Gasteiger partial charge in [-0.1, -0.05) is 35.5 Å². The summed E-state index contributed by atoms with van der Waals surface area (Å²) in [7, 11) is 0. The summed E-state index contributed by atoms with van der Waals surface area (Å²) in [5.74, 6) is 10.9. The van der Waals surface area contributed by atoms with Crippen LogP contribution in [0.1, 0.15) is 0 Å². The number of nitrogens with one attached hydrogen (secondary N) is 2. The average molecular weight is 314 g/mol. The molecule has 8 nitrogen and oxygen atoms in total. The Hall–Kier alpha value is -1.97. The number of anilines is 2. The van der Waals surface area contributed by atoms with E-state index in [1.54, 1.807) is 24.3 Å². The van der Waals surface area contributed by atoms with Crippen LogP contribution in [0, 0.1) is 0 Å². The maximum Gasteiger partial charge on any atom is 0.258 e. The largest absolute Gasteiger partial charge is 0.334 e. The van der Waals surface area contributed by atoms with Crippen molar-refractivity contribution in [3.63, 3.8) is 0 Å². The lowest BCUT2D eigenvalue weighted by molar-refractivity contribution is -0.113. The minimum atomic E-state index is -0.228. The minimum absolute atomic E-state index is 0.116. The van der Waals surface area contributed by atoms with Crippen molar-refractivity contribution in [2.24, 2.45) is 5.84 Å². The molecule has 0 aliphatic rings. The predicted molar refractivity (Wildman–Crippen MR) is 78.8 cm³/mol. The fourth-order valence-electron chi connectivity index (χ4n) is 1.35. The molecule has 1 aromatic heterocycles. The fraction of sp³-hybridized carbons (Fsp3) is 0.100. The van der Waals surface area contributed by atoms with Crippen molar-refractivity contribution in [2.45, 2.75) is 5.16 Å². The van der Waals surface area contributed by atoms with E-state index in [4.69, 9.17) is 23.3 Å². The third-order valence-corrected chi connectivity index (χ3v) is 3.55. The second-order valence-corrected chi connectivity index (χ2v) is 4.99. The summed E-state index contributed by atoms with van der Waals surface area (Å²) < 4.78 is 1.16. The standard InChI is InChI=1S/C10H12ClN7OS/c11-6-3-1-2-4-7(6)14-8(19)5-20-10-17-16-9(15-12)18(10)13/h1-4H,5,12-13H2,(H,14,19)(H,15,16). The number of hydrogen-bond acceptors (Lipinski definition) is 7. The lowest BCUT2D eigenvalue weighted by atomic mass is 10.3. The monoisotopic (exact) mass is 313 g/mol. The zero-order valence-corrected chi connectivity index (χ0v) is 11.8. The van der Waals surface area contributed by atoms with Crippen molar-refractivity contribution in [3.8, 4) is 0 Å². The number of para-hydroxylation sites is 1. The van der Waals surface area contributed by atoms with Crippen LogP contribution in [0.5, 0.6) is 0 Å². The number of amides is 1. The van der Waals surface area contributed by atoms with Gasteiger partial charge in [0.15, 0.2) is 0 Å². The van der Waals surface area contributed by atoms with Gasteiger partial charge in [-0.3, -0.25) is 10.2 Å². The zero-order valence-electron chi connectivity index (χ0n) is 10.2. The molecule has 10 heteroatoms. The molecule has 0 atom stereocenters. The molecular formula is C10H12ClN7OS. The van der Waals surface area contributed by atoms with E-state index < -0.39 is 0 Å². The Labute approximate surface area is 123 Å². The van der Waals surface area contributed by atoms with E-state index in [1.807, 2.05) is 0 Å². The number of halogens is 1. The molecule has 1 heterocycles. The van der Waals surface area contributed by atoms with Gasteiger partial charge in [0.1, 0.15) is 0 Å². The van der Waals surface area contributed by atoms with Crippen molar-refractivity contribution in [3.05, 3.63) is 29.3 Å². The van der Waals surface area contributed by atoms with Gasteiger partial charge in [-0.15, -0.1) is 10.2 Å². The van der Waals surface area contributed by atoms with Gasteiger partial charge in [-0.25, -0.2) is 10.5 Å². The molecule has 1 aromatic carbocycles. The molecule has 0 aliphatic carbocycles. The smallest absolute Gasteiger partial charge is 0.258 e. The lowest BCUT2D eigenvalue weighted by Gasteiger charge is -2.06. The number of benzene rings is 1. The highest BCUT2D eigenvalue weighted by Gasteiger charge is 2.12. The SMILES string of the molecule is NNc1nnc(SCC(=O)Nc2ccccc2Cl)n1N. The maximum absolute atomic E-state index is 11.8. The van der Waals surface area contributed by atoms with Crippen LogP contribution in [0.15, 0.2) is 29.4 Å². The number of hydrogen-bond donors (Lipinski definition) is 4. The van der Waals surface area contributed by atoms with Crippen LogP contribution in [0.2, 0.25) is 5.02 Å². The number of carbonyl (C=O) groups excluding carboxylic acids is 1. The summed E-state index contributed by atoms with van der Waals surface area (Å²) in [5, 5.41) is 11.0. The Morgan fingerprint density at radius 2 is 2.15 bits per heavy atom. The molecule has 0 saturated carbocycles. The Morgan fingerprint density at radius 1 is 1.40 bits per heavy atom. The Kier molecular flexibility index (Phi) is 4.66. The fourth-order valence-corrected chi connectivity index (χ4v) is 2.19. The van der Waals surface area contributed by atoms with Gasteiger partial charge in [0, 0.05) is 0 Å². The molecule has 0 fully saturated rings. The number of aromatic nitrogens is 3. The zero-order chi connectivity index (χ0) is 14.5. The van der Waals surface area contributed by atoms with E-state index in [1.165, 1.54) is 0 Å². The molecule has 20 heavy (non-hydrogen) atoms. The predicted octanol–water partition coefficient (Wildman–Crippen LogP) is 0.662. The van der Waals surface area contributed by atoms with Gasteiger partial charge < -0.3 is 11.2 Å². The van der Waals surface area contributed by atoms with Gasteiger partial charge in [-0.2, -0.15) is 0 Å². The summed E-state index contributed by atoms with van der Waals surface area (Å²) >= 11 is 7.07. The van der Waals surface area contributed by atoms with Crippen LogP contribution in [0.25, 0.3) is 0 Å². The second kappa shape index (κ2) is 6.46. The van der Waals surface area contributed by atoms with Gasteiger partial charge in [0.05, 0.1) is 16.5 Å². The van der Waals surface area contributed by atoms with Gasteiger partial charge >= 0.3 is 0 Å². The lowest BCUT2D eigenvalue weighted by Crippen LogP contribution is -2.19. The van der Waals surface area contributed by atoms with Gasteiger partial charge in [-0.05, 0) is 12.1 Å². The number of nitrogens with zero attached hydrogens (tertiary/aromatic N) is 3. The molecule has 6 N–H and O–H groups in total. The second-order valence-electron chi connectivity index (χ2n) is 3.64. The van der Waals surface area contributed by atoms with E-state index in [0.717, 1.165) is 16.4 Å². The highest BCUT2D eigenvalue weighted by molar-refractivity contribution is 7.99. The molecule has 0 radical (unpaired) electrons. The first kappa shape index (κ1) is 14.4. The summed E-state index contributed by atoms with van der Waals surface area (Å²) in [4.78, 5) is 11.8. The number of nitrogen functional groups attached to an aromatic ring is 2. The number of carbonyl (C=O) groups is 1. The van der Waals surface area contributed by atoms with Crippen LogP contribution < -0.4 is 22.4 Å². The molecule has 0 bridgehead atoms. The third-order valence-electron chi connectivity index (χ3n) is 2.27. The third kappa shape index (κ3) is 3.32. The van der Waals surface area contributed by atoms with E-state index in [0.29, 0.717) is 15.9 Å². The van der Waals surface area contributed by atoms with Crippen LogP contribution in [-0.4, -0.2) is 26.5 Å². The van der Waals surface area contributed by atoms with Crippen LogP contribution in [0.4, 0.5) is 11.6 Å². The topological polar surface area (TPSA) is 124 Å². The van der Waals surface area contributed by atoms with Crippen LogP contribution in [-0.2, 0) is 4.79 Å². The molecule has 0 saturated heterocycles. The van der Waals surface area contributed by atoms with Crippen molar-refractivity contribution in [1.29, 1.82) is 0 Å². The van der Waals surface area contributed by atoms with E-state index >= 15 is 0 Å². The number of thioether (sulfide) groups is 1. The molecule has 0 unspecified atom stereocenters. The molecule has 0 aliphatic heterocycles. The Balaban J connectivity index is 1.92. The Morgan fingerprint density at radius 3 is 2.80 bits per heavy atom. The minimum Gasteiger partial charge on any atom is -0.334 e. The highest BCUT2D eigenvalue weighted by Crippen LogP contribution is 2.21. The Bertz CT molecular complexity index is 617. The molecule has 106 valence electrons. The molecular weight excluding hydrogens is 302 g/mol. The normalized spacial score (nSPS) is 10.3. The van der Waals surface area contributed by atoms with Crippen LogP contribution in [0.3, 0.4) is 0 Å². The quantitative estimate of drug-likeness (QED) is 0.363. The summed E-state index contributed by atoms with van der Waals surface area (Å²) in [5.41, 5.74) is 2.84. The summed E-state index contributed by atoms with van der Waals surface area (Å²) in [6.07, 6.45) is 0. The number of rotatable bonds is 5. The summed E-state index contributed by atoms with van der Waals surface area (Å²) in [6, 6.07) is 6.97. The van der Waals surface area contributed by atoms with Crippen LogP contribution >= 0.6 is 23.4 Å². The van der Waals surface area contributed by atoms with Gasteiger partial charge in [0.2, 0.25) is 11.1 Å². The van der Waals surface area contributed by atoms with E-state index in [9.17, 15) is 4.79 Å². The maximum atomic E-state index is 11.8. The van der Waals surface area contributed by atoms with Crippen molar-refractivity contribution in [2.75, 3.05) is 22.3 Å². The number of nitrogens with two attached hydrogens (primary N) is 2. The van der Waals surface area contributed by atoms with Crippen molar-refractivity contribution < 1.29 is 4.79 Å². The first-order chi connectivity index (χ1) is 9.61. The average Bonchev–Trinajstić information content (AvgIpc) is 2.79. The van der Waals surface area contributed by atoms with E-state index in [-0.39, 0.29) is 17.6 Å². The van der Waals surface area contributed by atoms with Gasteiger partial charge in [0.25, 0.3) is 5.95 Å². The van der Waals surface area contributed by atoms with Crippen molar-refractivity contribution >= 4 is 40.9 Å².